The van der Waals surface area contributed by atoms with E-state index in [1.807, 2.05) is 42.5 Å². The molecule has 1 N–H and O–H groups in total. The molecule has 0 bridgehead atoms. The van der Waals surface area contributed by atoms with Crippen LogP contribution < -0.4 is 10.2 Å². The van der Waals surface area contributed by atoms with Crippen LogP contribution in [0.4, 0.5) is 11.4 Å². The van der Waals surface area contributed by atoms with Crippen LogP contribution in [0.5, 0.6) is 0 Å². The van der Waals surface area contributed by atoms with Crippen LogP contribution in [0.3, 0.4) is 0 Å². The zero-order valence-corrected chi connectivity index (χ0v) is 17.7. The van der Waals surface area contributed by atoms with Gasteiger partial charge in [0.2, 0.25) is 0 Å². The number of nitrogens with zero attached hydrogens (tertiary/aromatic N) is 3. The summed E-state index contributed by atoms with van der Waals surface area (Å²) in [5.74, 6) is -1.12. The molecule has 7 nitrogen and oxygen atoms in total. The van der Waals surface area contributed by atoms with Crippen LogP contribution in [-0.4, -0.2) is 27.7 Å². The van der Waals surface area contributed by atoms with E-state index in [1.54, 1.807) is 36.4 Å². The number of fused-ring (bicyclic) bond motifs is 4. The van der Waals surface area contributed by atoms with E-state index in [9.17, 15) is 14.4 Å². The van der Waals surface area contributed by atoms with Crippen molar-refractivity contribution in [3.63, 3.8) is 0 Å². The molecule has 0 atom stereocenters. The zero-order valence-electron chi connectivity index (χ0n) is 17.7. The minimum Gasteiger partial charge on any atom is -0.322 e. The molecule has 162 valence electrons. The number of nitrogens with one attached hydrogen (secondary N) is 1. The van der Waals surface area contributed by atoms with E-state index in [0.717, 1.165) is 32.2 Å². The van der Waals surface area contributed by atoms with Crippen molar-refractivity contribution >= 4 is 61.9 Å². The minimum atomic E-state index is -0.403. The monoisotopic (exact) mass is 444 g/mol. The van der Waals surface area contributed by atoms with Gasteiger partial charge in [0.05, 0.1) is 27.8 Å². The smallest absolute Gasteiger partial charge is 0.258 e. The second kappa shape index (κ2) is 7.60. The van der Waals surface area contributed by atoms with E-state index in [2.05, 4.69) is 5.32 Å². The number of hydrogen-bond donors (Lipinski definition) is 1. The number of carbonyl (C=O) groups excluding carboxylic acids is 3. The average Bonchev–Trinajstić information content (AvgIpc) is 3.20. The molecular weight excluding hydrogens is 428 g/mol. The van der Waals surface area contributed by atoms with Crippen molar-refractivity contribution in [2.24, 2.45) is 0 Å². The summed E-state index contributed by atoms with van der Waals surface area (Å²) in [6.45, 7) is 0. The first kappa shape index (κ1) is 19.8. The molecule has 1 aromatic heterocycles. The fraction of sp³-hybridized carbons (Fsp3) is 0. The molecular formula is C27H16N4O3. The fourth-order valence-corrected chi connectivity index (χ4v) is 4.11. The number of amides is 3. The molecule has 6 rings (SSSR count). The van der Waals surface area contributed by atoms with Crippen LogP contribution in [0, 0.1) is 0 Å². The van der Waals surface area contributed by atoms with Gasteiger partial charge in [-0.05, 0) is 53.9 Å². The predicted octanol–water partition coefficient (Wildman–Crippen LogP) is 4.62. The largest absolute Gasteiger partial charge is 0.322 e. The highest BCUT2D eigenvalue weighted by atomic mass is 16.2. The standard InChI is InChI=1S/C27H16N4O3/c32-24-13-14-25(33)31(24)19-9-5-17(6-10-19)27(34)28-18-8-12-21-23(15-18)30-26-20-4-2-1-3-16(20)7-11-22(26)29-21/h1-15H,(H,28,34). The number of imide groups is 1. The maximum Gasteiger partial charge on any atom is 0.258 e. The Balaban J connectivity index is 1.29. The van der Waals surface area contributed by atoms with E-state index >= 15 is 0 Å². The molecule has 0 aliphatic carbocycles. The first-order valence-corrected chi connectivity index (χ1v) is 10.6. The Hall–Kier alpha value is -4.91. The van der Waals surface area contributed by atoms with E-state index in [-0.39, 0.29) is 5.91 Å². The molecule has 1 aliphatic rings. The van der Waals surface area contributed by atoms with Crippen LogP contribution >= 0.6 is 0 Å². The zero-order chi connectivity index (χ0) is 23.2. The normalized spacial score (nSPS) is 13.4. The number of carbonyl (C=O) groups is 3. The van der Waals surface area contributed by atoms with Gasteiger partial charge in [-0.15, -0.1) is 0 Å². The van der Waals surface area contributed by atoms with Crippen LogP contribution in [-0.2, 0) is 9.59 Å². The average molecular weight is 444 g/mol. The molecule has 0 saturated heterocycles. The van der Waals surface area contributed by atoms with Gasteiger partial charge in [0.1, 0.15) is 0 Å². The summed E-state index contributed by atoms with van der Waals surface area (Å²) in [6.07, 6.45) is 2.44. The molecule has 4 aromatic carbocycles. The molecule has 0 spiro atoms. The van der Waals surface area contributed by atoms with Gasteiger partial charge in [0, 0.05) is 28.8 Å². The van der Waals surface area contributed by atoms with E-state index in [0.29, 0.717) is 22.5 Å². The molecule has 0 unspecified atom stereocenters. The summed E-state index contributed by atoms with van der Waals surface area (Å²) in [6, 6.07) is 23.7. The van der Waals surface area contributed by atoms with Crippen molar-refractivity contribution in [3.05, 3.63) is 96.6 Å². The number of benzene rings is 4. The van der Waals surface area contributed by atoms with Crippen molar-refractivity contribution in [3.8, 4) is 0 Å². The number of anilines is 2. The lowest BCUT2D eigenvalue weighted by atomic mass is 10.1. The van der Waals surface area contributed by atoms with Gasteiger partial charge in [-0.2, -0.15) is 0 Å². The number of hydrogen-bond acceptors (Lipinski definition) is 5. The highest BCUT2D eigenvalue weighted by Gasteiger charge is 2.25. The van der Waals surface area contributed by atoms with Crippen LogP contribution in [0.2, 0.25) is 0 Å². The van der Waals surface area contributed by atoms with Gasteiger partial charge in [-0.25, -0.2) is 14.9 Å². The lowest BCUT2D eigenvalue weighted by molar-refractivity contribution is -0.119. The lowest BCUT2D eigenvalue weighted by Crippen LogP contribution is -2.29. The molecule has 0 radical (unpaired) electrons. The topological polar surface area (TPSA) is 92.3 Å². The van der Waals surface area contributed by atoms with Gasteiger partial charge >= 0.3 is 0 Å². The Morgan fingerprint density at radius 1 is 0.735 bits per heavy atom. The van der Waals surface area contributed by atoms with Gasteiger partial charge in [-0.3, -0.25) is 14.4 Å². The third-order valence-corrected chi connectivity index (χ3v) is 5.78. The van der Waals surface area contributed by atoms with Crippen LogP contribution in [0.15, 0.2) is 91.0 Å². The highest BCUT2D eigenvalue weighted by molar-refractivity contribution is 6.28. The third kappa shape index (κ3) is 3.27. The number of aromatic nitrogens is 2. The van der Waals surface area contributed by atoms with Gasteiger partial charge in [0.15, 0.2) is 0 Å². The minimum absolute atomic E-state index is 0.317. The van der Waals surface area contributed by atoms with Crippen LogP contribution in [0.25, 0.3) is 32.8 Å². The summed E-state index contributed by atoms with van der Waals surface area (Å²) in [5.41, 5.74) is 4.43. The van der Waals surface area contributed by atoms with E-state index < -0.39 is 11.8 Å². The SMILES string of the molecule is O=C(Nc1ccc2nc3ccc4ccccc4c3nc2c1)c1ccc(N2C(=O)C=CC2=O)cc1. The molecule has 0 saturated carbocycles. The quantitative estimate of drug-likeness (QED) is 0.249. The molecule has 2 heterocycles. The van der Waals surface area contributed by atoms with Crippen LogP contribution in [0.1, 0.15) is 10.4 Å². The van der Waals surface area contributed by atoms with E-state index in [1.165, 1.54) is 12.2 Å². The Morgan fingerprint density at radius 2 is 1.47 bits per heavy atom. The third-order valence-electron chi connectivity index (χ3n) is 5.78. The number of rotatable bonds is 3. The van der Waals surface area contributed by atoms with Crippen molar-refractivity contribution in [1.82, 2.24) is 9.97 Å². The molecule has 3 amide bonds. The summed E-state index contributed by atoms with van der Waals surface area (Å²) < 4.78 is 0. The predicted molar refractivity (Wildman–Crippen MR) is 131 cm³/mol. The van der Waals surface area contributed by atoms with Crippen molar-refractivity contribution in [2.75, 3.05) is 10.2 Å². The Morgan fingerprint density at radius 3 is 2.26 bits per heavy atom. The first-order valence-electron chi connectivity index (χ1n) is 10.6. The van der Waals surface area contributed by atoms with Gasteiger partial charge in [-0.1, -0.05) is 30.3 Å². The maximum absolute atomic E-state index is 12.8. The molecule has 5 aromatic rings. The lowest BCUT2D eigenvalue weighted by Gasteiger charge is -2.14. The van der Waals surface area contributed by atoms with Crippen molar-refractivity contribution in [1.29, 1.82) is 0 Å². The molecule has 1 aliphatic heterocycles. The van der Waals surface area contributed by atoms with Gasteiger partial charge < -0.3 is 5.32 Å². The molecule has 34 heavy (non-hydrogen) atoms. The second-order valence-corrected chi connectivity index (χ2v) is 7.93. The molecule has 7 heteroatoms. The van der Waals surface area contributed by atoms with Gasteiger partial charge in [0.25, 0.3) is 17.7 Å². The first-order chi connectivity index (χ1) is 16.6. The fourth-order valence-electron chi connectivity index (χ4n) is 4.11. The Bertz CT molecular complexity index is 1670. The summed E-state index contributed by atoms with van der Waals surface area (Å²) >= 11 is 0. The Labute approximate surface area is 193 Å². The van der Waals surface area contributed by atoms with E-state index in [4.69, 9.17) is 9.97 Å². The maximum atomic E-state index is 12.8. The summed E-state index contributed by atoms with van der Waals surface area (Å²) in [7, 11) is 0. The second-order valence-electron chi connectivity index (χ2n) is 7.93. The Kier molecular flexibility index (Phi) is 4.41. The summed E-state index contributed by atoms with van der Waals surface area (Å²) in [4.78, 5) is 47.1. The van der Waals surface area contributed by atoms with Crippen molar-refractivity contribution in [2.45, 2.75) is 0 Å². The highest BCUT2D eigenvalue weighted by Crippen LogP contribution is 2.26. The summed E-state index contributed by atoms with van der Waals surface area (Å²) in [5, 5.41) is 4.99. The van der Waals surface area contributed by atoms with Crippen molar-refractivity contribution < 1.29 is 14.4 Å². The molecule has 0 fully saturated rings.